The van der Waals surface area contributed by atoms with Crippen LogP contribution in [-0.2, 0) is 30.9 Å². The number of carbonyl (C=O) groups excluding carboxylic acids is 2. The van der Waals surface area contributed by atoms with Gasteiger partial charge < -0.3 is 20.1 Å². The number of benzene rings is 1. The lowest BCUT2D eigenvalue weighted by atomic mass is 10.2. The van der Waals surface area contributed by atoms with Gasteiger partial charge in [-0.05, 0) is 49.2 Å². The molecule has 1 aromatic carbocycles. The van der Waals surface area contributed by atoms with E-state index < -0.39 is 28.1 Å². The van der Waals surface area contributed by atoms with Crippen molar-refractivity contribution < 1.29 is 27.5 Å². The summed E-state index contributed by atoms with van der Waals surface area (Å²) in [7, 11) is -2.37. The third-order valence-corrected chi connectivity index (χ3v) is 6.81. The number of hydrogen-bond acceptors (Lipinski definition) is 7. The molecule has 0 aliphatic carbocycles. The average Bonchev–Trinajstić information content (AvgIpc) is 2.81. The summed E-state index contributed by atoms with van der Waals surface area (Å²) in [6.45, 7) is 2.28. The maximum atomic E-state index is 13.2. The van der Waals surface area contributed by atoms with Crippen LogP contribution in [0.1, 0.15) is 17.7 Å². The zero-order chi connectivity index (χ0) is 23.1. The van der Waals surface area contributed by atoms with Crippen molar-refractivity contribution in [2.45, 2.75) is 31.0 Å². The summed E-state index contributed by atoms with van der Waals surface area (Å²) in [6.07, 6.45) is 1.17. The van der Waals surface area contributed by atoms with Gasteiger partial charge in [0.15, 0.2) is 0 Å². The zero-order valence-electron chi connectivity index (χ0n) is 17.9. The predicted molar refractivity (Wildman–Crippen MR) is 115 cm³/mol. The Hall–Kier alpha value is -3.02. The normalized spacial score (nSPS) is 16.9. The summed E-state index contributed by atoms with van der Waals surface area (Å²) in [6, 6.07) is 9.83. The molecule has 0 saturated carbocycles. The van der Waals surface area contributed by atoms with Crippen molar-refractivity contribution >= 4 is 21.8 Å². The second-order valence-corrected chi connectivity index (χ2v) is 9.03. The molecule has 1 aliphatic rings. The van der Waals surface area contributed by atoms with Gasteiger partial charge in [0.1, 0.15) is 12.0 Å². The van der Waals surface area contributed by atoms with E-state index in [4.69, 9.17) is 9.47 Å². The molecule has 0 radical (unpaired) electrons. The first kappa shape index (κ1) is 23.6. The summed E-state index contributed by atoms with van der Waals surface area (Å²) < 4.78 is 38.4. The van der Waals surface area contributed by atoms with E-state index in [-0.39, 0.29) is 24.5 Å². The van der Waals surface area contributed by atoms with Crippen molar-refractivity contribution in [3.63, 3.8) is 0 Å². The number of aromatic nitrogens is 1. The summed E-state index contributed by atoms with van der Waals surface area (Å²) in [5.41, 5.74) is 1.29. The van der Waals surface area contributed by atoms with Crippen molar-refractivity contribution in [2.75, 3.05) is 26.8 Å². The number of hydrogen-bond donors (Lipinski definition) is 2. The zero-order valence-corrected chi connectivity index (χ0v) is 18.7. The fourth-order valence-electron chi connectivity index (χ4n) is 3.26. The lowest BCUT2D eigenvalue weighted by Gasteiger charge is -2.34. The first-order chi connectivity index (χ1) is 15.3. The van der Waals surface area contributed by atoms with Gasteiger partial charge in [0.05, 0.1) is 37.4 Å². The Bertz CT molecular complexity index is 1060. The Morgan fingerprint density at radius 1 is 1.22 bits per heavy atom. The van der Waals surface area contributed by atoms with Crippen molar-refractivity contribution in [2.24, 2.45) is 0 Å². The van der Waals surface area contributed by atoms with E-state index in [9.17, 15) is 18.0 Å². The van der Waals surface area contributed by atoms with E-state index in [1.54, 1.807) is 37.4 Å². The van der Waals surface area contributed by atoms with Crippen LogP contribution in [0.15, 0.2) is 47.5 Å². The minimum atomic E-state index is -3.88. The Morgan fingerprint density at radius 3 is 2.69 bits per heavy atom. The Morgan fingerprint density at radius 2 is 2.00 bits per heavy atom. The fraction of sp³-hybridized carbons (Fsp3) is 0.381. The molecule has 1 atom stereocenters. The molecule has 1 aromatic heterocycles. The SMILES string of the molecule is COc1ccc(S(=O)(=O)N2CCCOC2CNC(=O)C(=O)NCc2ccccn2)cc1C. The molecule has 2 heterocycles. The number of nitrogens with zero attached hydrogens (tertiary/aromatic N) is 2. The lowest BCUT2D eigenvalue weighted by molar-refractivity contribution is -0.140. The van der Waals surface area contributed by atoms with Crippen LogP contribution in [0, 0.1) is 6.92 Å². The van der Waals surface area contributed by atoms with E-state index in [1.165, 1.54) is 23.5 Å². The van der Waals surface area contributed by atoms with Gasteiger partial charge in [0.2, 0.25) is 10.0 Å². The summed E-state index contributed by atoms with van der Waals surface area (Å²) in [5, 5.41) is 4.92. The van der Waals surface area contributed by atoms with E-state index in [0.717, 1.165) is 0 Å². The molecule has 0 spiro atoms. The second-order valence-electron chi connectivity index (χ2n) is 7.14. The second kappa shape index (κ2) is 10.5. The standard InChI is InChI=1S/C21H26N4O6S/c1-15-12-17(7-8-18(15)30-2)32(28,29)25-10-5-11-31-19(25)14-24-21(27)20(26)23-13-16-6-3-4-9-22-16/h3-4,6-9,12,19H,5,10-11,13-14H2,1-2H3,(H,23,26)(H,24,27). The summed E-state index contributed by atoms with van der Waals surface area (Å²) >= 11 is 0. The minimum absolute atomic E-state index is 0.102. The van der Waals surface area contributed by atoms with Gasteiger partial charge in [-0.25, -0.2) is 8.42 Å². The molecular formula is C21H26N4O6S. The molecule has 1 unspecified atom stereocenters. The van der Waals surface area contributed by atoms with E-state index in [0.29, 0.717) is 30.0 Å². The molecule has 1 saturated heterocycles. The van der Waals surface area contributed by atoms with Gasteiger partial charge in [0.25, 0.3) is 0 Å². The molecule has 1 aliphatic heterocycles. The topological polar surface area (TPSA) is 127 Å². The number of carbonyl (C=O) groups is 2. The Kier molecular flexibility index (Phi) is 7.78. The highest BCUT2D eigenvalue weighted by Crippen LogP contribution is 2.26. The van der Waals surface area contributed by atoms with Gasteiger partial charge in [-0.3, -0.25) is 14.6 Å². The van der Waals surface area contributed by atoms with Crippen molar-refractivity contribution in [1.82, 2.24) is 19.9 Å². The maximum Gasteiger partial charge on any atom is 0.309 e. The molecule has 0 bridgehead atoms. The average molecular weight is 463 g/mol. The fourth-order valence-corrected chi connectivity index (χ4v) is 4.91. The monoisotopic (exact) mass is 462 g/mol. The summed E-state index contributed by atoms with van der Waals surface area (Å²) in [5.74, 6) is -1.14. The lowest BCUT2D eigenvalue weighted by Crippen LogP contribution is -2.53. The first-order valence-electron chi connectivity index (χ1n) is 10.1. The van der Waals surface area contributed by atoms with Crippen molar-refractivity contribution in [3.05, 3.63) is 53.9 Å². The Labute approximate surface area is 187 Å². The van der Waals surface area contributed by atoms with Crippen LogP contribution in [0.25, 0.3) is 0 Å². The molecular weight excluding hydrogens is 436 g/mol. The van der Waals surface area contributed by atoms with Gasteiger partial charge in [-0.15, -0.1) is 0 Å². The number of sulfonamides is 1. The van der Waals surface area contributed by atoms with Crippen LogP contribution in [0.2, 0.25) is 0 Å². The van der Waals surface area contributed by atoms with Crippen LogP contribution in [0.4, 0.5) is 0 Å². The molecule has 11 heteroatoms. The van der Waals surface area contributed by atoms with Crippen LogP contribution in [0.5, 0.6) is 5.75 Å². The van der Waals surface area contributed by atoms with Crippen LogP contribution >= 0.6 is 0 Å². The highest BCUT2D eigenvalue weighted by Gasteiger charge is 2.35. The van der Waals surface area contributed by atoms with E-state index >= 15 is 0 Å². The van der Waals surface area contributed by atoms with Gasteiger partial charge in [-0.2, -0.15) is 4.31 Å². The van der Waals surface area contributed by atoms with Gasteiger partial charge >= 0.3 is 11.8 Å². The van der Waals surface area contributed by atoms with E-state index in [1.807, 2.05) is 0 Å². The number of ether oxygens (including phenoxy) is 2. The number of methoxy groups -OCH3 is 1. The van der Waals surface area contributed by atoms with Crippen LogP contribution < -0.4 is 15.4 Å². The number of pyridine rings is 1. The minimum Gasteiger partial charge on any atom is -0.496 e. The smallest absolute Gasteiger partial charge is 0.309 e. The predicted octanol–water partition coefficient (Wildman–Crippen LogP) is 0.568. The number of nitrogens with one attached hydrogen (secondary N) is 2. The Balaban J connectivity index is 1.63. The molecule has 2 N–H and O–H groups in total. The van der Waals surface area contributed by atoms with Gasteiger partial charge in [-0.1, -0.05) is 6.07 Å². The maximum absolute atomic E-state index is 13.2. The van der Waals surface area contributed by atoms with Crippen LogP contribution in [-0.4, -0.2) is 62.6 Å². The first-order valence-corrected chi connectivity index (χ1v) is 11.5. The molecule has 3 rings (SSSR count). The number of rotatable bonds is 7. The molecule has 2 amide bonds. The van der Waals surface area contributed by atoms with Gasteiger partial charge in [0, 0.05) is 12.7 Å². The molecule has 10 nitrogen and oxygen atoms in total. The molecule has 32 heavy (non-hydrogen) atoms. The molecule has 2 aromatic rings. The van der Waals surface area contributed by atoms with Crippen LogP contribution in [0.3, 0.4) is 0 Å². The largest absolute Gasteiger partial charge is 0.496 e. The quantitative estimate of drug-likeness (QED) is 0.576. The summed E-state index contributed by atoms with van der Waals surface area (Å²) in [4.78, 5) is 28.4. The molecule has 1 fully saturated rings. The van der Waals surface area contributed by atoms with E-state index in [2.05, 4.69) is 15.6 Å². The third kappa shape index (κ3) is 5.61. The van der Waals surface area contributed by atoms with Crippen molar-refractivity contribution in [3.8, 4) is 5.75 Å². The number of aryl methyl sites for hydroxylation is 1. The molecule has 172 valence electrons. The highest BCUT2D eigenvalue weighted by atomic mass is 32.2. The van der Waals surface area contributed by atoms with Crippen molar-refractivity contribution in [1.29, 1.82) is 0 Å². The highest BCUT2D eigenvalue weighted by molar-refractivity contribution is 7.89. The number of amides is 2. The third-order valence-electron chi connectivity index (χ3n) is 4.93.